The Labute approximate surface area is 612 Å². The second kappa shape index (κ2) is 43.7. The van der Waals surface area contributed by atoms with Gasteiger partial charge >= 0.3 is 23.9 Å². The van der Waals surface area contributed by atoms with Crippen LogP contribution in [0, 0.1) is 11.3 Å². The number of nitrogens with one attached hydrogen (secondary N) is 6. The van der Waals surface area contributed by atoms with Crippen molar-refractivity contribution in [1.82, 2.24) is 66.2 Å². The van der Waals surface area contributed by atoms with Gasteiger partial charge in [-0.1, -0.05) is 46.8 Å². The first-order valence-electron chi connectivity index (χ1n) is 35.7. The number of guanidine groups is 2. The summed E-state index contributed by atoms with van der Waals surface area (Å²) in [5.41, 5.74) is 22.1. The van der Waals surface area contributed by atoms with E-state index in [-0.39, 0.29) is 199 Å². The van der Waals surface area contributed by atoms with E-state index in [1.165, 1.54) is 52.9 Å². The molecule has 3 saturated heterocycles. The van der Waals surface area contributed by atoms with Gasteiger partial charge in [-0.15, -0.1) is 0 Å². The Morgan fingerprint density at radius 2 is 1.01 bits per heavy atom. The summed E-state index contributed by atoms with van der Waals surface area (Å²) < 4.78 is 0. The predicted octanol–water partition coefficient (Wildman–Crippen LogP) is -3.77. The molecule has 0 radical (unpaired) electrons. The number of aromatic hydroxyl groups is 1. The molecule has 0 unspecified atom stereocenters. The molecular formula is C68H113N19O18. The molecule has 0 spiro atoms. The third-order valence-electron chi connectivity index (χ3n) is 18.3. The van der Waals surface area contributed by atoms with Gasteiger partial charge in [-0.25, -0.2) is 4.79 Å². The van der Waals surface area contributed by atoms with Crippen molar-refractivity contribution in [2.24, 2.45) is 44.3 Å². The van der Waals surface area contributed by atoms with Gasteiger partial charge in [-0.3, -0.25) is 87.1 Å². The number of hydrogen-bond acceptors (Lipinski definition) is 20. The topological polar surface area (TPSA) is 547 Å². The number of aliphatic carboxylic acids is 4. The fraction of sp³-hybridized carbons (Fsp3) is 0.691. The zero-order valence-electron chi connectivity index (χ0n) is 61.6. The van der Waals surface area contributed by atoms with Gasteiger partial charge in [0.15, 0.2) is 11.9 Å². The van der Waals surface area contributed by atoms with Crippen LogP contribution in [0.5, 0.6) is 5.75 Å². The minimum Gasteiger partial charge on any atom is -0.508 e. The molecule has 0 aromatic heterocycles. The summed E-state index contributed by atoms with van der Waals surface area (Å²) in [7, 11) is 1.38. The fourth-order valence-corrected chi connectivity index (χ4v) is 12.9. The van der Waals surface area contributed by atoms with Crippen molar-refractivity contribution in [3.8, 4) is 5.75 Å². The largest absolute Gasteiger partial charge is 0.508 e. The lowest BCUT2D eigenvalue weighted by Gasteiger charge is -2.35. The van der Waals surface area contributed by atoms with Crippen molar-refractivity contribution in [1.29, 1.82) is 0 Å². The summed E-state index contributed by atoms with van der Waals surface area (Å²) in [6, 6.07) is -4.30. The lowest BCUT2D eigenvalue weighted by molar-refractivity contribution is -0.149. The van der Waals surface area contributed by atoms with E-state index in [0.717, 1.165) is 0 Å². The van der Waals surface area contributed by atoms with Crippen LogP contribution in [0.3, 0.4) is 0 Å². The lowest BCUT2D eigenvalue weighted by Crippen LogP contribution is -2.61. The van der Waals surface area contributed by atoms with Gasteiger partial charge in [-0.05, 0) is 106 Å². The van der Waals surface area contributed by atoms with E-state index in [1.54, 1.807) is 54.2 Å². The molecule has 1 aromatic rings. The maximum absolute atomic E-state index is 15.1. The second-order valence-electron chi connectivity index (χ2n) is 28.5. The van der Waals surface area contributed by atoms with Crippen LogP contribution in [-0.4, -0.2) is 315 Å². The van der Waals surface area contributed by atoms with Crippen LogP contribution >= 0.6 is 0 Å². The predicted molar refractivity (Wildman–Crippen MR) is 385 cm³/mol. The number of nitrogens with zero attached hydrogens (tertiary/aromatic N) is 9. The third-order valence-corrected chi connectivity index (χ3v) is 18.3. The van der Waals surface area contributed by atoms with E-state index in [0.29, 0.717) is 31.2 Å². The molecule has 3 aliphatic rings. The Morgan fingerprint density at radius 1 is 0.552 bits per heavy atom. The third kappa shape index (κ3) is 31.4. The van der Waals surface area contributed by atoms with Crippen molar-refractivity contribution >= 4 is 89.0 Å². The van der Waals surface area contributed by atoms with Crippen molar-refractivity contribution < 1.29 is 87.9 Å². The number of hydrogen-bond donors (Lipinski definition) is 15. The molecule has 9 amide bonds. The number of unbranched alkanes of at least 4 members (excludes halogenated alkanes) is 1. The molecule has 19 N–H and O–H groups in total. The number of nitrogens with two attached hydrogens (primary N) is 4. The number of aliphatic imine (C=N–C) groups is 2. The van der Waals surface area contributed by atoms with Gasteiger partial charge in [0.2, 0.25) is 53.2 Å². The molecular weight excluding hydrogens is 1370 g/mol. The molecule has 3 aliphatic heterocycles. The molecule has 0 aliphatic carbocycles. The fourth-order valence-electron chi connectivity index (χ4n) is 12.9. The molecule has 3 fully saturated rings. The standard InChI is InChI=1S/C68H113N19O18/c1-42(2)36-49(65(104)105)79-61(100)57(68(4,5)6)80-58(97)48(37-44-19-21-45(89)22-20-44)78-60(99)51-17-12-26-86(51)63(102)47(15-10-24-74-66(69)70)77-59(98)50(16-11-25-75-67(71)72)81(7)64(103)52-18-13-27-87(52)62(101)46(76-43(3)88)14-8-9-23-73-53(90)38-82-28-30-83(39-54(91)92)32-34-85(41-56(95)96)35-33-84(31-29-82)40-55(93)94/h19-22,42,46-52,57,89H,8-18,23-41H2,1-7H3,(H,73,90)(H,76,88)(H,77,98)(H,78,99)(H,79,100)(H,80,97)(H,91,92)(H,93,94)(H,95,96)(H,104,105)(H4,69,70,74)(H4,71,72,75)/t46-,47-,48-,49-,50-,51-,52-,57+/m0/s1. The smallest absolute Gasteiger partial charge is 0.326 e. The van der Waals surface area contributed by atoms with E-state index >= 15 is 4.79 Å². The summed E-state index contributed by atoms with van der Waals surface area (Å²) in [6.45, 7) is 10.7. The van der Waals surface area contributed by atoms with Crippen LogP contribution in [0.25, 0.3) is 0 Å². The number of carbonyl (C=O) groups is 13. The number of amides is 9. The summed E-state index contributed by atoms with van der Waals surface area (Å²) in [6.07, 6.45) is 1.77. The number of carboxylic acids is 4. The lowest BCUT2D eigenvalue weighted by atomic mass is 9.85. The highest BCUT2D eigenvalue weighted by molar-refractivity contribution is 5.98. The Hall–Kier alpha value is -9.49. The molecule has 4 rings (SSSR count). The zero-order chi connectivity index (χ0) is 78.3. The first kappa shape index (κ1) is 87.9. The number of carbonyl (C=O) groups excluding carboxylic acids is 9. The van der Waals surface area contributed by atoms with Crippen molar-refractivity contribution in [3.05, 3.63) is 29.8 Å². The average Bonchev–Trinajstić information content (AvgIpc) is 1.71. The quantitative estimate of drug-likeness (QED) is 0.0171. The van der Waals surface area contributed by atoms with Crippen LogP contribution in [0.15, 0.2) is 34.3 Å². The highest BCUT2D eigenvalue weighted by Gasteiger charge is 2.44. The first-order valence-corrected chi connectivity index (χ1v) is 35.7. The van der Waals surface area contributed by atoms with Crippen LogP contribution in [-0.2, 0) is 68.7 Å². The van der Waals surface area contributed by atoms with E-state index < -0.39 is 125 Å². The molecule has 3 heterocycles. The monoisotopic (exact) mass is 1480 g/mol. The molecule has 105 heavy (non-hydrogen) atoms. The molecule has 1 aromatic carbocycles. The minimum absolute atomic E-state index is 0.0169. The van der Waals surface area contributed by atoms with Crippen LogP contribution in [0.2, 0.25) is 0 Å². The molecule has 37 heteroatoms. The average molecular weight is 1480 g/mol. The Balaban J connectivity index is 1.54. The van der Waals surface area contributed by atoms with Gasteiger partial charge in [-0.2, -0.15) is 0 Å². The van der Waals surface area contributed by atoms with Crippen LogP contribution in [0.4, 0.5) is 0 Å². The summed E-state index contributed by atoms with van der Waals surface area (Å²) in [5.74, 6) is -11.2. The number of phenolic OH excluding ortho intramolecular Hbond substituents is 1. The number of benzene rings is 1. The second-order valence-corrected chi connectivity index (χ2v) is 28.5. The number of phenols is 1. The summed E-state index contributed by atoms with van der Waals surface area (Å²) in [4.78, 5) is 195. The van der Waals surface area contributed by atoms with Gasteiger partial charge in [0.1, 0.15) is 54.1 Å². The maximum atomic E-state index is 15.1. The molecule has 8 atom stereocenters. The van der Waals surface area contributed by atoms with E-state index in [4.69, 9.17) is 22.9 Å². The van der Waals surface area contributed by atoms with E-state index in [2.05, 4.69) is 41.9 Å². The number of likely N-dealkylation sites (N-methyl/N-ethyl adjacent to an activating group) is 1. The molecule has 37 nitrogen and oxygen atoms in total. The first-order chi connectivity index (χ1) is 49.4. The summed E-state index contributed by atoms with van der Waals surface area (Å²) in [5, 5.41) is 65.3. The molecule has 0 bridgehead atoms. The molecule has 0 saturated carbocycles. The van der Waals surface area contributed by atoms with Crippen LogP contribution < -0.4 is 54.8 Å². The number of rotatable bonds is 39. The van der Waals surface area contributed by atoms with Crippen molar-refractivity contribution in [2.45, 2.75) is 173 Å². The number of carboxylic acid groups (broad SMARTS) is 4. The minimum atomic E-state index is -1.40. The SMILES string of the molecule is CC(=O)N[C@@H](CCCCNC(=O)CN1CCN(CC(=O)O)CCN(CC(=O)O)CCN(CC(=O)O)CC1)C(=O)N1CCC[C@H]1C(=O)N(C)[C@@H](CCCN=C(N)N)C(=O)N[C@@H](CCCN=C(N)N)C(=O)N1CCC[C@H]1C(=O)N[C@@H](Cc1ccc(O)cc1)C(=O)N[C@H](C(=O)N[C@@H](CC(C)C)C(=O)O)C(C)(C)C. The summed E-state index contributed by atoms with van der Waals surface area (Å²) >= 11 is 0. The number of likely N-dealkylation sites (tertiary alicyclic amines) is 2. The zero-order valence-corrected chi connectivity index (χ0v) is 61.6. The maximum Gasteiger partial charge on any atom is 0.326 e. The normalized spacial score (nSPS) is 18.2. The highest BCUT2D eigenvalue weighted by atomic mass is 16.4. The van der Waals surface area contributed by atoms with Gasteiger partial charge < -0.3 is 95.1 Å². The van der Waals surface area contributed by atoms with Crippen LogP contribution in [0.1, 0.15) is 124 Å². The molecule has 588 valence electrons. The van der Waals surface area contributed by atoms with Crippen molar-refractivity contribution in [2.75, 3.05) is 118 Å². The van der Waals surface area contributed by atoms with Gasteiger partial charge in [0, 0.05) is 105 Å². The Bertz CT molecular complexity index is 3150. The Kier molecular flexibility index (Phi) is 36.6. The van der Waals surface area contributed by atoms with E-state index in [9.17, 15) is 83.1 Å². The van der Waals surface area contributed by atoms with E-state index in [1.807, 2.05) is 0 Å². The van der Waals surface area contributed by atoms with Gasteiger partial charge in [0.05, 0.1) is 26.2 Å². The van der Waals surface area contributed by atoms with Crippen molar-refractivity contribution in [3.63, 3.8) is 0 Å². The Morgan fingerprint density at radius 3 is 1.48 bits per heavy atom. The highest BCUT2D eigenvalue weighted by Crippen LogP contribution is 2.26. The van der Waals surface area contributed by atoms with Gasteiger partial charge in [0.25, 0.3) is 0 Å².